The zero-order chi connectivity index (χ0) is 16.2. The molecule has 2 rings (SSSR count). The first-order valence-corrected chi connectivity index (χ1v) is 6.78. The number of pyridine rings is 1. The molecule has 0 saturated carbocycles. The Balaban J connectivity index is 0.00000106. The summed E-state index contributed by atoms with van der Waals surface area (Å²) in [5.74, 6) is -1.22. The highest BCUT2D eigenvalue weighted by Gasteiger charge is 2.24. The number of benzene rings is 1. The lowest BCUT2D eigenvalue weighted by Gasteiger charge is -2.16. The SMILES string of the molecule is CC.COC(=O)C(O)c1c(C)nc2cccc(F)c2c1C. The molecule has 21 heavy (non-hydrogen) atoms. The molecule has 0 radical (unpaired) electrons. The Kier molecular flexibility index (Phi) is 5.79. The number of carbonyl (C=O) groups excluding carboxylic acids is 1. The molecule has 1 aromatic carbocycles. The predicted octanol–water partition coefficient (Wildman–Crippen LogP) is 3.22. The summed E-state index contributed by atoms with van der Waals surface area (Å²) in [7, 11) is 1.19. The van der Waals surface area contributed by atoms with Crippen molar-refractivity contribution in [3.8, 4) is 0 Å². The van der Waals surface area contributed by atoms with Crippen LogP contribution in [0.2, 0.25) is 0 Å². The van der Waals surface area contributed by atoms with Gasteiger partial charge in [0.1, 0.15) is 5.82 Å². The minimum Gasteiger partial charge on any atom is -0.467 e. The van der Waals surface area contributed by atoms with Crippen molar-refractivity contribution < 1.29 is 19.0 Å². The maximum Gasteiger partial charge on any atom is 0.339 e. The summed E-state index contributed by atoms with van der Waals surface area (Å²) >= 11 is 0. The Morgan fingerprint density at radius 2 is 1.95 bits per heavy atom. The fourth-order valence-corrected chi connectivity index (χ4v) is 2.26. The van der Waals surface area contributed by atoms with Gasteiger partial charge in [-0.25, -0.2) is 9.18 Å². The average Bonchev–Trinajstić information content (AvgIpc) is 2.47. The number of aromatic nitrogens is 1. The van der Waals surface area contributed by atoms with E-state index in [-0.39, 0.29) is 0 Å². The van der Waals surface area contributed by atoms with Crippen LogP contribution in [-0.2, 0) is 9.53 Å². The van der Waals surface area contributed by atoms with Crippen molar-refractivity contribution in [2.75, 3.05) is 7.11 Å². The van der Waals surface area contributed by atoms with Crippen LogP contribution in [0, 0.1) is 19.7 Å². The molecule has 0 aliphatic rings. The molecule has 1 aromatic heterocycles. The smallest absolute Gasteiger partial charge is 0.339 e. The van der Waals surface area contributed by atoms with Crippen LogP contribution in [-0.4, -0.2) is 23.2 Å². The first-order valence-electron chi connectivity index (χ1n) is 6.78. The molecule has 0 spiro atoms. The standard InChI is InChI=1S/C14H14FNO3.C2H6/c1-7-11(13(17)14(18)19-3)8(2)16-10-6-4-5-9(15)12(7)10;1-2/h4-6,13,17H,1-3H3;1-2H3. The van der Waals surface area contributed by atoms with Gasteiger partial charge in [0.15, 0.2) is 6.10 Å². The van der Waals surface area contributed by atoms with Gasteiger partial charge in [-0.3, -0.25) is 4.98 Å². The number of esters is 1. The number of aliphatic hydroxyl groups excluding tert-OH is 1. The number of hydrogen-bond acceptors (Lipinski definition) is 4. The third kappa shape index (κ3) is 3.19. The van der Waals surface area contributed by atoms with Crippen molar-refractivity contribution in [3.63, 3.8) is 0 Å². The third-order valence-corrected chi connectivity index (χ3v) is 3.15. The molecule has 1 atom stereocenters. The molecule has 1 unspecified atom stereocenters. The first kappa shape index (κ1) is 17.0. The number of carbonyl (C=O) groups is 1. The van der Waals surface area contributed by atoms with E-state index in [1.54, 1.807) is 26.0 Å². The number of halogens is 1. The highest BCUT2D eigenvalue weighted by molar-refractivity contribution is 5.86. The van der Waals surface area contributed by atoms with Gasteiger partial charge < -0.3 is 9.84 Å². The summed E-state index contributed by atoms with van der Waals surface area (Å²) in [6.07, 6.45) is -1.46. The number of ether oxygens (including phenoxy) is 1. The summed E-state index contributed by atoms with van der Waals surface area (Å²) in [5, 5.41) is 10.3. The number of fused-ring (bicyclic) bond motifs is 1. The van der Waals surface area contributed by atoms with Crippen LogP contribution < -0.4 is 0 Å². The number of rotatable bonds is 2. The molecule has 0 amide bonds. The average molecular weight is 293 g/mol. The Morgan fingerprint density at radius 3 is 2.52 bits per heavy atom. The maximum atomic E-state index is 13.9. The van der Waals surface area contributed by atoms with Gasteiger partial charge in [0.05, 0.1) is 12.6 Å². The second-order valence-electron chi connectivity index (χ2n) is 4.30. The van der Waals surface area contributed by atoms with Crippen molar-refractivity contribution in [2.24, 2.45) is 0 Å². The van der Waals surface area contributed by atoms with Crippen molar-refractivity contribution >= 4 is 16.9 Å². The van der Waals surface area contributed by atoms with E-state index in [0.717, 1.165) is 0 Å². The number of aryl methyl sites for hydroxylation is 2. The van der Waals surface area contributed by atoms with Gasteiger partial charge in [0, 0.05) is 16.6 Å². The molecule has 1 N–H and O–H groups in total. The molecule has 4 nitrogen and oxygen atoms in total. The molecule has 1 heterocycles. The van der Waals surface area contributed by atoms with E-state index >= 15 is 0 Å². The van der Waals surface area contributed by atoms with E-state index < -0.39 is 17.9 Å². The van der Waals surface area contributed by atoms with E-state index in [2.05, 4.69) is 9.72 Å². The van der Waals surface area contributed by atoms with Crippen LogP contribution in [0.15, 0.2) is 18.2 Å². The third-order valence-electron chi connectivity index (χ3n) is 3.15. The number of hydrogen-bond donors (Lipinski definition) is 1. The molecule has 0 aliphatic carbocycles. The molecule has 114 valence electrons. The quantitative estimate of drug-likeness (QED) is 0.864. The fraction of sp³-hybridized carbons (Fsp3) is 0.375. The van der Waals surface area contributed by atoms with Gasteiger partial charge in [0.2, 0.25) is 0 Å². The number of methoxy groups -OCH3 is 1. The van der Waals surface area contributed by atoms with Crippen molar-refractivity contribution in [1.82, 2.24) is 4.98 Å². The zero-order valence-electron chi connectivity index (χ0n) is 12.9. The summed E-state index contributed by atoms with van der Waals surface area (Å²) in [4.78, 5) is 15.7. The molecule has 0 aliphatic heterocycles. The summed E-state index contributed by atoms with van der Waals surface area (Å²) in [6.45, 7) is 7.32. The van der Waals surface area contributed by atoms with E-state index in [1.807, 2.05) is 13.8 Å². The second-order valence-corrected chi connectivity index (χ2v) is 4.30. The van der Waals surface area contributed by atoms with Gasteiger partial charge in [-0.1, -0.05) is 19.9 Å². The lowest BCUT2D eigenvalue weighted by Crippen LogP contribution is -2.17. The van der Waals surface area contributed by atoms with Gasteiger partial charge >= 0.3 is 5.97 Å². The van der Waals surface area contributed by atoms with Gasteiger partial charge in [-0.05, 0) is 31.5 Å². The van der Waals surface area contributed by atoms with Crippen molar-refractivity contribution in [2.45, 2.75) is 33.8 Å². The second kappa shape index (κ2) is 7.13. The Hall–Kier alpha value is -2.01. The number of aliphatic hydroxyl groups is 1. The lowest BCUT2D eigenvalue weighted by atomic mass is 9.97. The largest absolute Gasteiger partial charge is 0.467 e. The first-order chi connectivity index (χ1) is 9.97. The van der Waals surface area contributed by atoms with Crippen molar-refractivity contribution in [3.05, 3.63) is 40.8 Å². The van der Waals surface area contributed by atoms with Crippen LogP contribution in [0.3, 0.4) is 0 Å². The zero-order valence-corrected chi connectivity index (χ0v) is 12.9. The maximum absolute atomic E-state index is 13.9. The normalized spacial score (nSPS) is 11.6. The molecule has 2 aromatic rings. The fourth-order valence-electron chi connectivity index (χ4n) is 2.26. The summed E-state index contributed by atoms with van der Waals surface area (Å²) in [6, 6.07) is 4.58. The molecule has 0 fully saturated rings. The monoisotopic (exact) mass is 293 g/mol. The minimum atomic E-state index is -1.46. The van der Waals surface area contributed by atoms with Crippen LogP contribution in [0.25, 0.3) is 10.9 Å². The Labute approximate surface area is 123 Å². The van der Waals surface area contributed by atoms with E-state index in [1.165, 1.54) is 13.2 Å². The van der Waals surface area contributed by atoms with Crippen LogP contribution in [0.4, 0.5) is 4.39 Å². The molecular formula is C16H20FNO3. The Bertz CT molecular complexity index is 656. The van der Waals surface area contributed by atoms with Gasteiger partial charge in [0.25, 0.3) is 0 Å². The topological polar surface area (TPSA) is 59.4 Å². The van der Waals surface area contributed by atoms with Crippen LogP contribution >= 0.6 is 0 Å². The van der Waals surface area contributed by atoms with Gasteiger partial charge in [-0.15, -0.1) is 0 Å². The Morgan fingerprint density at radius 1 is 1.33 bits per heavy atom. The number of nitrogens with zero attached hydrogens (tertiary/aromatic N) is 1. The van der Waals surface area contributed by atoms with Gasteiger partial charge in [-0.2, -0.15) is 0 Å². The summed E-state index contributed by atoms with van der Waals surface area (Å²) in [5.41, 5.74) is 1.77. The lowest BCUT2D eigenvalue weighted by molar-refractivity contribution is -0.150. The van der Waals surface area contributed by atoms with E-state index in [9.17, 15) is 14.3 Å². The highest BCUT2D eigenvalue weighted by atomic mass is 19.1. The highest BCUT2D eigenvalue weighted by Crippen LogP contribution is 2.29. The minimum absolute atomic E-state index is 0.296. The molecule has 0 saturated heterocycles. The molecular weight excluding hydrogens is 273 g/mol. The van der Waals surface area contributed by atoms with E-state index in [4.69, 9.17) is 0 Å². The van der Waals surface area contributed by atoms with E-state index in [0.29, 0.717) is 27.7 Å². The van der Waals surface area contributed by atoms with Crippen molar-refractivity contribution in [1.29, 1.82) is 0 Å². The van der Waals surface area contributed by atoms with Crippen LogP contribution in [0.1, 0.15) is 36.8 Å². The predicted molar refractivity (Wildman–Crippen MR) is 79.5 cm³/mol. The summed E-state index contributed by atoms with van der Waals surface area (Å²) < 4.78 is 18.4. The molecule has 0 bridgehead atoms. The molecule has 5 heteroatoms. The van der Waals surface area contributed by atoms with Crippen LogP contribution in [0.5, 0.6) is 0 Å².